The quantitative estimate of drug-likeness (QED) is 0.726. The first-order valence-corrected chi connectivity index (χ1v) is 10.8. The minimum absolute atomic E-state index is 0.215. The molecule has 4 rings (SSSR count). The Morgan fingerprint density at radius 3 is 2.57 bits per heavy atom. The third-order valence-corrected chi connectivity index (χ3v) is 6.14. The molecule has 6 heteroatoms. The van der Waals surface area contributed by atoms with Gasteiger partial charge in [-0.3, -0.25) is 9.69 Å². The Hall–Kier alpha value is -2.73. The Morgan fingerprint density at radius 1 is 1.10 bits per heavy atom. The van der Waals surface area contributed by atoms with Gasteiger partial charge in [0.05, 0.1) is 19.8 Å². The molecule has 1 aliphatic carbocycles. The normalized spacial score (nSPS) is 19.9. The van der Waals surface area contributed by atoms with E-state index in [1.807, 2.05) is 12.1 Å². The number of rotatable bonds is 8. The summed E-state index contributed by atoms with van der Waals surface area (Å²) >= 11 is 0. The van der Waals surface area contributed by atoms with Crippen molar-refractivity contribution in [1.29, 1.82) is 0 Å². The fraction of sp³-hybridized carbons (Fsp3) is 0.458. The maximum Gasteiger partial charge on any atom is 0.231 e. The molecule has 1 amide bonds. The lowest BCUT2D eigenvalue weighted by Gasteiger charge is -2.42. The summed E-state index contributed by atoms with van der Waals surface area (Å²) < 4.78 is 11.7. The Kier molecular flexibility index (Phi) is 6.43. The zero-order valence-corrected chi connectivity index (χ0v) is 17.6. The zero-order chi connectivity index (χ0) is 20.9. The maximum atomic E-state index is 11.6. The predicted octanol–water partition coefficient (Wildman–Crippen LogP) is 2.85. The molecule has 30 heavy (non-hydrogen) atoms. The van der Waals surface area contributed by atoms with Crippen LogP contribution in [-0.4, -0.2) is 56.2 Å². The number of amides is 1. The summed E-state index contributed by atoms with van der Waals surface area (Å²) in [7, 11) is 1.68. The highest BCUT2D eigenvalue weighted by Gasteiger charge is 2.29. The topological polar surface area (TPSA) is 68.0 Å². The Balaban J connectivity index is 1.52. The van der Waals surface area contributed by atoms with Crippen LogP contribution in [0.2, 0.25) is 0 Å². The number of methoxy groups -OCH3 is 1. The molecule has 1 aliphatic heterocycles. The SMILES string of the molecule is COc1ccc(N2CCN(CC(N)=O)[C@@H](Cc3ccccc3)C2)cc1OC1CCC1. The van der Waals surface area contributed by atoms with Gasteiger partial charge in [-0.15, -0.1) is 0 Å². The van der Waals surface area contributed by atoms with Crippen molar-refractivity contribution in [3.63, 3.8) is 0 Å². The number of benzene rings is 2. The van der Waals surface area contributed by atoms with Gasteiger partial charge in [0.1, 0.15) is 0 Å². The van der Waals surface area contributed by atoms with E-state index >= 15 is 0 Å². The molecule has 2 N–H and O–H groups in total. The lowest BCUT2D eigenvalue weighted by molar-refractivity contribution is -0.119. The number of carbonyl (C=O) groups is 1. The van der Waals surface area contributed by atoms with Crippen molar-refractivity contribution in [2.45, 2.75) is 37.8 Å². The highest BCUT2D eigenvalue weighted by Crippen LogP contribution is 2.36. The molecule has 0 unspecified atom stereocenters. The molecule has 2 aromatic carbocycles. The van der Waals surface area contributed by atoms with Gasteiger partial charge >= 0.3 is 0 Å². The third kappa shape index (κ3) is 4.87. The van der Waals surface area contributed by atoms with Gasteiger partial charge in [-0.05, 0) is 43.4 Å². The minimum atomic E-state index is -0.276. The summed E-state index contributed by atoms with van der Waals surface area (Å²) in [5.41, 5.74) is 7.91. The first-order chi connectivity index (χ1) is 14.6. The van der Waals surface area contributed by atoms with Gasteiger partial charge in [-0.1, -0.05) is 30.3 Å². The Morgan fingerprint density at radius 2 is 1.90 bits per heavy atom. The van der Waals surface area contributed by atoms with Crippen molar-refractivity contribution in [1.82, 2.24) is 4.90 Å². The maximum absolute atomic E-state index is 11.6. The number of nitrogens with two attached hydrogens (primary N) is 1. The van der Waals surface area contributed by atoms with Crippen molar-refractivity contribution in [3.05, 3.63) is 54.1 Å². The minimum Gasteiger partial charge on any atom is -0.493 e. The van der Waals surface area contributed by atoms with Crippen molar-refractivity contribution in [2.24, 2.45) is 5.73 Å². The van der Waals surface area contributed by atoms with E-state index in [0.717, 1.165) is 56.1 Å². The second-order valence-corrected chi connectivity index (χ2v) is 8.23. The fourth-order valence-corrected chi connectivity index (χ4v) is 4.24. The van der Waals surface area contributed by atoms with Gasteiger partial charge in [0, 0.05) is 37.4 Å². The molecular formula is C24H31N3O3. The van der Waals surface area contributed by atoms with Crippen molar-refractivity contribution < 1.29 is 14.3 Å². The van der Waals surface area contributed by atoms with Crippen LogP contribution in [0, 0.1) is 0 Å². The molecule has 1 saturated heterocycles. The van der Waals surface area contributed by atoms with E-state index in [2.05, 4.69) is 46.2 Å². The number of nitrogens with zero attached hydrogens (tertiary/aromatic N) is 2. The van der Waals surface area contributed by atoms with Crippen molar-refractivity contribution in [3.8, 4) is 11.5 Å². The average Bonchev–Trinajstić information content (AvgIpc) is 2.72. The number of hydrogen-bond acceptors (Lipinski definition) is 5. The molecule has 0 aromatic heterocycles. The van der Waals surface area contributed by atoms with E-state index in [1.54, 1.807) is 7.11 Å². The first-order valence-electron chi connectivity index (χ1n) is 10.8. The highest BCUT2D eigenvalue weighted by atomic mass is 16.5. The van der Waals surface area contributed by atoms with Gasteiger partial charge in [0.15, 0.2) is 11.5 Å². The standard InChI is InChI=1S/C24H31N3O3/c1-29-22-11-10-19(15-23(22)30-21-8-5-9-21)26-12-13-27(17-24(25)28)20(16-26)14-18-6-3-2-4-7-18/h2-4,6-7,10-11,15,20-21H,5,8-9,12-14,16-17H2,1H3,(H2,25,28)/t20-/m0/s1. The molecule has 6 nitrogen and oxygen atoms in total. The van der Waals surface area contributed by atoms with Gasteiger partial charge in [0.25, 0.3) is 0 Å². The smallest absolute Gasteiger partial charge is 0.231 e. The predicted molar refractivity (Wildman–Crippen MR) is 118 cm³/mol. The van der Waals surface area contributed by atoms with Crippen LogP contribution >= 0.6 is 0 Å². The van der Waals surface area contributed by atoms with E-state index in [4.69, 9.17) is 15.2 Å². The van der Waals surface area contributed by atoms with Crippen molar-refractivity contribution in [2.75, 3.05) is 38.2 Å². The van der Waals surface area contributed by atoms with Crippen LogP contribution in [0.1, 0.15) is 24.8 Å². The number of piperazine rings is 1. The fourth-order valence-electron chi connectivity index (χ4n) is 4.24. The zero-order valence-electron chi connectivity index (χ0n) is 17.6. The van der Waals surface area contributed by atoms with Crippen LogP contribution < -0.4 is 20.1 Å². The molecule has 0 radical (unpaired) electrons. The summed E-state index contributed by atoms with van der Waals surface area (Å²) in [6.07, 6.45) is 4.63. The van der Waals surface area contributed by atoms with Gasteiger partial charge in [-0.2, -0.15) is 0 Å². The first kappa shape index (κ1) is 20.5. The molecule has 1 atom stereocenters. The van der Waals surface area contributed by atoms with Crippen LogP contribution in [0.25, 0.3) is 0 Å². The molecule has 160 valence electrons. The summed E-state index contributed by atoms with van der Waals surface area (Å²) in [5.74, 6) is 1.32. The largest absolute Gasteiger partial charge is 0.493 e. The second-order valence-electron chi connectivity index (χ2n) is 8.23. The summed E-state index contributed by atoms with van der Waals surface area (Å²) in [6, 6.07) is 16.8. The summed E-state index contributed by atoms with van der Waals surface area (Å²) in [5, 5.41) is 0. The average molecular weight is 410 g/mol. The molecule has 0 bridgehead atoms. The van der Waals surface area contributed by atoms with Crippen LogP contribution in [0.5, 0.6) is 11.5 Å². The number of anilines is 1. The molecule has 2 aliphatic rings. The molecule has 1 heterocycles. The lowest BCUT2D eigenvalue weighted by Crippen LogP contribution is -2.56. The van der Waals surface area contributed by atoms with Crippen LogP contribution in [0.3, 0.4) is 0 Å². The Bertz CT molecular complexity index is 854. The van der Waals surface area contributed by atoms with Gasteiger partial charge in [-0.25, -0.2) is 0 Å². The van der Waals surface area contributed by atoms with E-state index in [0.29, 0.717) is 12.6 Å². The number of carbonyl (C=O) groups excluding carboxylic acids is 1. The molecular weight excluding hydrogens is 378 g/mol. The molecule has 2 fully saturated rings. The van der Waals surface area contributed by atoms with Crippen molar-refractivity contribution >= 4 is 11.6 Å². The van der Waals surface area contributed by atoms with E-state index in [-0.39, 0.29) is 11.9 Å². The highest BCUT2D eigenvalue weighted by molar-refractivity contribution is 5.76. The monoisotopic (exact) mass is 409 g/mol. The molecule has 1 saturated carbocycles. The molecule has 0 spiro atoms. The van der Waals surface area contributed by atoms with Gasteiger partial charge in [0.2, 0.25) is 5.91 Å². The number of hydrogen-bond donors (Lipinski definition) is 1. The van der Waals surface area contributed by atoms with E-state index in [1.165, 1.54) is 12.0 Å². The third-order valence-electron chi connectivity index (χ3n) is 6.14. The number of primary amides is 1. The second kappa shape index (κ2) is 9.39. The van der Waals surface area contributed by atoms with E-state index in [9.17, 15) is 4.79 Å². The van der Waals surface area contributed by atoms with Gasteiger partial charge < -0.3 is 20.1 Å². The van der Waals surface area contributed by atoms with Crippen LogP contribution in [-0.2, 0) is 11.2 Å². The molecule has 2 aromatic rings. The van der Waals surface area contributed by atoms with Crippen LogP contribution in [0.15, 0.2) is 48.5 Å². The Labute approximate surface area is 178 Å². The summed E-state index contributed by atoms with van der Waals surface area (Å²) in [6.45, 7) is 2.76. The van der Waals surface area contributed by atoms with Crippen LogP contribution in [0.4, 0.5) is 5.69 Å². The van der Waals surface area contributed by atoms with E-state index < -0.39 is 0 Å². The summed E-state index contributed by atoms with van der Waals surface area (Å²) in [4.78, 5) is 16.2. The lowest BCUT2D eigenvalue weighted by atomic mass is 9.96. The number of ether oxygens (including phenoxy) is 2.